The Morgan fingerprint density at radius 3 is 2.73 bits per heavy atom. The first-order valence-electron chi connectivity index (χ1n) is 11.4. The number of alkyl halides is 3. The molecule has 194 valence electrons. The number of nitro benzene ring substituents is 1. The molecule has 37 heavy (non-hydrogen) atoms. The number of hydrogen-bond donors (Lipinski definition) is 1. The van der Waals surface area contributed by atoms with Gasteiger partial charge in [0.15, 0.2) is 17.1 Å². The minimum Gasteiger partial charge on any atom is -0.493 e. The molecular weight excluding hydrogens is 495 g/mol. The normalized spacial score (nSPS) is 16.7. The number of ether oxygens (including phenoxy) is 3. The van der Waals surface area contributed by atoms with Crippen LogP contribution in [0.2, 0.25) is 0 Å². The Morgan fingerprint density at radius 2 is 2.05 bits per heavy atom. The Kier molecular flexibility index (Phi) is 6.23. The second kappa shape index (κ2) is 9.39. The number of methoxy groups -OCH3 is 1. The van der Waals surface area contributed by atoms with Crippen molar-refractivity contribution in [1.29, 1.82) is 0 Å². The number of fused-ring (bicyclic) bond motifs is 3. The number of aromatic nitrogens is 3. The van der Waals surface area contributed by atoms with Crippen molar-refractivity contribution in [3.63, 3.8) is 0 Å². The number of halogens is 3. The quantitative estimate of drug-likeness (QED) is 0.264. The highest BCUT2D eigenvalue weighted by molar-refractivity contribution is 5.94. The number of nitro groups is 1. The average molecular weight is 517 g/mol. The summed E-state index contributed by atoms with van der Waals surface area (Å²) in [5.74, 6) is 1.27. The molecule has 10 nitrogen and oxygen atoms in total. The van der Waals surface area contributed by atoms with Crippen molar-refractivity contribution in [2.75, 3.05) is 25.6 Å². The third-order valence-corrected chi connectivity index (χ3v) is 6.15. The van der Waals surface area contributed by atoms with Crippen LogP contribution in [0.5, 0.6) is 11.5 Å². The lowest BCUT2D eigenvalue weighted by Crippen LogP contribution is -2.16. The molecule has 0 unspecified atom stereocenters. The fraction of sp³-hybridized carbons (Fsp3) is 0.333. The zero-order chi connectivity index (χ0) is 26.3. The van der Waals surface area contributed by atoms with Crippen molar-refractivity contribution in [3.8, 4) is 11.5 Å². The predicted octanol–water partition coefficient (Wildman–Crippen LogP) is 5.16. The van der Waals surface area contributed by atoms with Gasteiger partial charge in [0, 0.05) is 30.0 Å². The molecule has 2 aromatic carbocycles. The van der Waals surface area contributed by atoms with E-state index in [1.54, 1.807) is 29.8 Å². The Labute approximate surface area is 208 Å². The molecule has 1 saturated heterocycles. The minimum atomic E-state index is -4.74. The topological polar surface area (TPSA) is 113 Å². The lowest BCUT2D eigenvalue weighted by Gasteiger charge is -2.20. The number of imidazole rings is 1. The van der Waals surface area contributed by atoms with Crippen LogP contribution in [-0.2, 0) is 10.9 Å². The van der Waals surface area contributed by atoms with Crippen molar-refractivity contribution in [3.05, 3.63) is 64.1 Å². The maximum absolute atomic E-state index is 13.4. The Bertz CT molecular complexity index is 1480. The first-order valence-corrected chi connectivity index (χ1v) is 11.4. The summed E-state index contributed by atoms with van der Waals surface area (Å²) in [6.45, 7) is 2.63. The number of nitrogens with zero attached hydrogens (tertiary/aromatic N) is 4. The van der Waals surface area contributed by atoms with Gasteiger partial charge in [-0.1, -0.05) is 0 Å². The van der Waals surface area contributed by atoms with Crippen LogP contribution >= 0.6 is 0 Å². The van der Waals surface area contributed by atoms with E-state index in [1.807, 2.05) is 0 Å². The summed E-state index contributed by atoms with van der Waals surface area (Å²) in [5, 5.41) is 15.0. The number of non-ortho nitro benzene ring substituents is 1. The highest BCUT2D eigenvalue weighted by Crippen LogP contribution is 2.38. The van der Waals surface area contributed by atoms with Gasteiger partial charge < -0.3 is 19.5 Å². The van der Waals surface area contributed by atoms with Gasteiger partial charge in [0.1, 0.15) is 18.2 Å². The van der Waals surface area contributed by atoms with Crippen LogP contribution in [-0.4, -0.2) is 45.7 Å². The maximum atomic E-state index is 13.4. The summed E-state index contributed by atoms with van der Waals surface area (Å²) in [6.07, 6.45) is -1.06. The van der Waals surface area contributed by atoms with Gasteiger partial charge in [-0.3, -0.25) is 14.5 Å². The number of hydrogen-bond acceptors (Lipinski definition) is 8. The van der Waals surface area contributed by atoms with Gasteiger partial charge in [-0.15, -0.1) is 0 Å². The lowest BCUT2D eigenvalue weighted by molar-refractivity contribution is -0.385. The van der Waals surface area contributed by atoms with Crippen LogP contribution in [0.1, 0.15) is 30.5 Å². The molecule has 2 atom stereocenters. The molecular formula is C24H22F3N5O5. The van der Waals surface area contributed by atoms with Gasteiger partial charge in [0.25, 0.3) is 5.69 Å². The van der Waals surface area contributed by atoms with Crippen LogP contribution < -0.4 is 14.8 Å². The standard InChI is InChI=1S/C24H22F3N5O5/c1-13(14-5-15(24(25,26)27)7-16(6-14)32(33)34)29-23-18-8-21(37-17-3-4-36-11-17)20(35-2)9-19(18)31-12-28-10-22(31)30-23/h5-10,12-13,17H,3-4,11H2,1-2H3,(H,29,30)/t13-,17+/m1/s1. The fourth-order valence-corrected chi connectivity index (χ4v) is 4.26. The molecule has 1 aliphatic heterocycles. The van der Waals surface area contributed by atoms with E-state index in [4.69, 9.17) is 14.2 Å². The maximum Gasteiger partial charge on any atom is 0.416 e. The lowest BCUT2D eigenvalue weighted by atomic mass is 10.0. The molecule has 0 spiro atoms. The molecule has 1 fully saturated rings. The van der Waals surface area contributed by atoms with Gasteiger partial charge in [-0.2, -0.15) is 13.2 Å². The molecule has 0 radical (unpaired) electrons. The van der Waals surface area contributed by atoms with Gasteiger partial charge in [-0.05, 0) is 24.6 Å². The van der Waals surface area contributed by atoms with E-state index in [-0.39, 0.29) is 11.7 Å². The summed E-state index contributed by atoms with van der Waals surface area (Å²) >= 11 is 0. The SMILES string of the molecule is COc1cc2c(cc1O[C@H]1CCOC1)c(N[C@H](C)c1cc([N+](=O)[O-])cc(C(F)(F)F)c1)nc1cncn12. The molecule has 1 N–H and O–H groups in total. The van der Waals surface area contributed by atoms with Gasteiger partial charge in [0.05, 0.1) is 48.6 Å². The van der Waals surface area contributed by atoms with Crippen LogP contribution in [0.4, 0.5) is 24.7 Å². The van der Waals surface area contributed by atoms with E-state index in [1.165, 1.54) is 13.3 Å². The minimum absolute atomic E-state index is 0.0814. The number of anilines is 1. The molecule has 4 aromatic rings. The summed E-state index contributed by atoms with van der Waals surface area (Å²) in [4.78, 5) is 19.2. The third kappa shape index (κ3) is 4.81. The third-order valence-electron chi connectivity index (χ3n) is 6.15. The van der Waals surface area contributed by atoms with E-state index in [2.05, 4.69) is 15.3 Å². The number of benzene rings is 2. The van der Waals surface area contributed by atoms with Crippen molar-refractivity contribution in [1.82, 2.24) is 14.4 Å². The van der Waals surface area contributed by atoms with Crippen molar-refractivity contribution in [2.45, 2.75) is 31.7 Å². The van der Waals surface area contributed by atoms with E-state index < -0.39 is 28.4 Å². The first-order chi connectivity index (χ1) is 17.6. The molecule has 1 aliphatic rings. The van der Waals surface area contributed by atoms with Crippen LogP contribution in [0.25, 0.3) is 16.6 Å². The predicted molar refractivity (Wildman–Crippen MR) is 127 cm³/mol. The van der Waals surface area contributed by atoms with Crippen molar-refractivity contribution >= 4 is 28.1 Å². The molecule has 0 bridgehead atoms. The highest BCUT2D eigenvalue weighted by Gasteiger charge is 2.33. The highest BCUT2D eigenvalue weighted by atomic mass is 19.4. The summed E-state index contributed by atoms with van der Waals surface area (Å²) in [7, 11) is 1.52. The zero-order valence-electron chi connectivity index (χ0n) is 19.8. The Hall–Kier alpha value is -4.13. The fourth-order valence-electron chi connectivity index (χ4n) is 4.26. The van der Waals surface area contributed by atoms with Crippen LogP contribution in [0.3, 0.4) is 0 Å². The average Bonchev–Trinajstić information content (AvgIpc) is 3.55. The molecule has 0 aliphatic carbocycles. The number of rotatable bonds is 7. The van der Waals surface area contributed by atoms with Crippen molar-refractivity contribution in [2.24, 2.45) is 0 Å². The monoisotopic (exact) mass is 517 g/mol. The molecule has 13 heteroatoms. The molecule has 3 heterocycles. The number of nitrogens with one attached hydrogen (secondary N) is 1. The van der Waals surface area contributed by atoms with E-state index in [0.717, 1.165) is 18.6 Å². The summed E-state index contributed by atoms with van der Waals surface area (Å²) < 4.78 is 59.1. The summed E-state index contributed by atoms with van der Waals surface area (Å²) in [6, 6.07) is 5.26. The molecule has 2 aromatic heterocycles. The van der Waals surface area contributed by atoms with Gasteiger partial charge in [-0.25, -0.2) is 9.97 Å². The Balaban J connectivity index is 1.60. The zero-order valence-corrected chi connectivity index (χ0v) is 19.8. The molecule has 0 amide bonds. The van der Waals surface area contributed by atoms with E-state index in [9.17, 15) is 23.3 Å². The van der Waals surface area contributed by atoms with E-state index in [0.29, 0.717) is 53.1 Å². The molecule has 0 saturated carbocycles. The van der Waals surface area contributed by atoms with Gasteiger partial charge >= 0.3 is 6.18 Å². The van der Waals surface area contributed by atoms with Crippen LogP contribution in [0, 0.1) is 10.1 Å². The Morgan fingerprint density at radius 1 is 1.24 bits per heavy atom. The van der Waals surface area contributed by atoms with Crippen LogP contribution in [0.15, 0.2) is 42.9 Å². The van der Waals surface area contributed by atoms with E-state index >= 15 is 0 Å². The second-order valence-electron chi connectivity index (χ2n) is 8.64. The molecule has 5 rings (SSSR count). The van der Waals surface area contributed by atoms with Crippen molar-refractivity contribution < 1.29 is 32.3 Å². The largest absolute Gasteiger partial charge is 0.493 e. The second-order valence-corrected chi connectivity index (χ2v) is 8.64. The van der Waals surface area contributed by atoms with Gasteiger partial charge in [0.2, 0.25) is 0 Å². The smallest absolute Gasteiger partial charge is 0.416 e. The summed E-state index contributed by atoms with van der Waals surface area (Å²) in [5.41, 5.74) is -0.524. The first kappa shape index (κ1) is 24.6.